The fraction of sp³-hybridized carbons (Fsp3) is 0.152. The molecule has 0 saturated carbocycles. The number of hydrogen-bond acceptors (Lipinski definition) is 5. The molecule has 9 nitrogen and oxygen atoms in total. The van der Waals surface area contributed by atoms with Crippen LogP contribution in [0.15, 0.2) is 84.9 Å². The minimum absolute atomic E-state index is 0.0473. The lowest BCUT2D eigenvalue weighted by molar-refractivity contribution is -0.384. The Balaban J connectivity index is 1.34. The molecule has 6 aromatic rings. The van der Waals surface area contributed by atoms with Crippen molar-refractivity contribution in [2.24, 2.45) is 0 Å². The molecule has 0 radical (unpaired) electrons. The number of H-pyrrole nitrogens is 1. The van der Waals surface area contributed by atoms with E-state index < -0.39 is 10.9 Å². The van der Waals surface area contributed by atoms with Gasteiger partial charge in [-0.3, -0.25) is 10.1 Å². The van der Waals surface area contributed by atoms with Gasteiger partial charge in [0.25, 0.3) is 5.69 Å². The molecule has 0 atom stereocenters. The van der Waals surface area contributed by atoms with Crippen molar-refractivity contribution in [1.29, 1.82) is 0 Å². The average Bonchev–Trinajstić information content (AvgIpc) is 3.52. The van der Waals surface area contributed by atoms with Crippen LogP contribution in [-0.4, -0.2) is 37.4 Å². The number of carboxylic acids is 1. The number of aromatic amines is 1. The molecule has 6 rings (SSSR count). The van der Waals surface area contributed by atoms with Crippen LogP contribution in [0.5, 0.6) is 5.75 Å². The summed E-state index contributed by atoms with van der Waals surface area (Å²) in [6, 6.07) is 26.2. The number of ether oxygens (including phenoxy) is 1. The second-order valence-electron chi connectivity index (χ2n) is 10.1. The molecular formula is C33H28N4O5. The minimum Gasteiger partial charge on any atom is -0.493 e. The number of para-hydroxylation sites is 3. The molecule has 2 N–H and O–H groups in total. The van der Waals surface area contributed by atoms with Gasteiger partial charge in [0.15, 0.2) is 0 Å². The van der Waals surface area contributed by atoms with Gasteiger partial charge < -0.3 is 14.8 Å². The van der Waals surface area contributed by atoms with E-state index in [0.717, 1.165) is 33.0 Å². The van der Waals surface area contributed by atoms with Crippen LogP contribution in [-0.2, 0) is 6.42 Å². The smallest absolute Gasteiger partial charge is 0.352 e. The van der Waals surface area contributed by atoms with Crippen molar-refractivity contribution >= 4 is 33.3 Å². The topological polar surface area (TPSA) is 123 Å². The molecule has 0 amide bonds. The predicted octanol–water partition coefficient (Wildman–Crippen LogP) is 7.41. The molecule has 0 fully saturated rings. The fourth-order valence-electron chi connectivity index (χ4n) is 5.74. The number of aromatic carboxylic acids is 1. The van der Waals surface area contributed by atoms with Gasteiger partial charge in [-0.2, -0.15) is 5.10 Å². The summed E-state index contributed by atoms with van der Waals surface area (Å²) in [6.45, 7) is 4.14. The SMILES string of the molecule is Cc1nn(-c2ccccc2[N+](=O)[O-])c(C)c1-c1cccc2c(CCCOc3cccc4ccccc34)c(C(=O)O)[nH]c12. The summed E-state index contributed by atoms with van der Waals surface area (Å²) in [4.78, 5) is 26.7. The Hall–Kier alpha value is -5.44. The Labute approximate surface area is 241 Å². The van der Waals surface area contributed by atoms with Crippen molar-refractivity contribution in [3.63, 3.8) is 0 Å². The van der Waals surface area contributed by atoms with E-state index in [1.165, 1.54) is 6.07 Å². The van der Waals surface area contributed by atoms with Gasteiger partial charge in [-0.05, 0) is 49.8 Å². The number of hydrogen-bond donors (Lipinski definition) is 2. The molecule has 0 saturated heterocycles. The molecular weight excluding hydrogens is 532 g/mol. The minimum atomic E-state index is -1.04. The van der Waals surface area contributed by atoms with Crippen LogP contribution in [0.4, 0.5) is 5.69 Å². The maximum atomic E-state index is 12.3. The molecule has 9 heteroatoms. The van der Waals surface area contributed by atoms with Gasteiger partial charge in [-0.25, -0.2) is 9.48 Å². The van der Waals surface area contributed by atoms with Crippen LogP contribution in [0.25, 0.3) is 38.5 Å². The summed E-state index contributed by atoms with van der Waals surface area (Å²) in [6.07, 6.45) is 1.12. The molecule has 4 aromatic carbocycles. The molecule has 210 valence electrons. The maximum Gasteiger partial charge on any atom is 0.352 e. The van der Waals surface area contributed by atoms with Crippen molar-refractivity contribution < 1.29 is 19.6 Å². The van der Waals surface area contributed by atoms with Gasteiger partial charge in [0, 0.05) is 33.7 Å². The first-order valence-electron chi connectivity index (χ1n) is 13.6. The first kappa shape index (κ1) is 26.8. The molecule has 2 aromatic heterocycles. The van der Waals surface area contributed by atoms with Gasteiger partial charge in [-0.15, -0.1) is 0 Å². The highest BCUT2D eigenvalue weighted by Crippen LogP contribution is 2.37. The predicted molar refractivity (Wildman–Crippen MR) is 162 cm³/mol. The molecule has 0 aliphatic heterocycles. The summed E-state index contributed by atoms with van der Waals surface area (Å²) in [5.41, 5.74) is 4.83. The Kier molecular flexibility index (Phi) is 6.92. The largest absolute Gasteiger partial charge is 0.493 e. The third-order valence-corrected chi connectivity index (χ3v) is 7.60. The summed E-state index contributed by atoms with van der Waals surface area (Å²) < 4.78 is 7.69. The molecule has 0 unspecified atom stereocenters. The van der Waals surface area contributed by atoms with Crippen molar-refractivity contribution in [2.45, 2.75) is 26.7 Å². The first-order valence-corrected chi connectivity index (χ1v) is 13.6. The summed E-state index contributed by atoms with van der Waals surface area (Å²) in [5, 5.41) is 29.4. The van der Waals surface area contributed by atoms with Crippen LogP contribution in [0.1, 0.15) is 33.9 Å². The van der Waals surface area contributed by atoms with E-state index in [1.807, 2.05) is 74.5 Å². The van der Waals surface area contributed by atoms with Crippen LogP contribution < -0.4 is 4.74 Å². The highest BCUT2D eigenvalue weighted by molar-refractivity contribution is 6.03. The molecule has 0 aliphatic rings. The molecule has 0 aliphatic carbocycles. The number of aryl methyl sites for hydroxylation is 2. The lowest BCUT2D eigenvalue weighted by Gasteiger charge is -2.10. The Morgan fingerprint density at radius 1 is 0.976 bits per heavy atom. The van der Waals surface area contributed by atoms with Gasteiger partial charge >= 0.3 is 5.97 Å². The first-order chi connectivity index (χ1) is 20.3. The normalized spacial score (nSPS) is 11.3. The number of rotatable bonds is 9. The van der Waals surface area contributed by atoms with E-state index >= 15 is 0 Å². The van der Waals surface area contributed by atoms with Gasteiger partial charge in [0.2, 0.25) is 0 Å². The zero-order valence-corrected chi connectivity index (χ0v) is 23.1. The van der Waals surface area contributed by atoms with E-state index in [2.05, 4.69) is 10.1 Å². The van der Waals surface area contributed by atoms with Crippen molar-refractivity contribution in [3.8, 4) is 22.6 Å². The molecule has 42 heavy (non-hydrogen) atoms. The maximum absolute atomic E-state index is 12.3. The Morgan fingerprint density at radius 3 is 2.50 bits per heavy atom. The van der Waals surface area contributed by atoms with Gasteiger partial charge in [0.1, 0.15) is 17.1 Å². The van der Waals surface area contributed by atoms with E-state index in [1.54, 1.807) is 22.9 Å². The van der Waals surface area contributed by atoms with Crippen molar-refractivity contribution in [3.05, 3.63) is 118 Å². The number of carbonyl (C=O) groups is 1. The fourth-order valence-corrected chi connectivity index (χ4v) is 5.74. The van der Waals surface area contributed by atoms with E-state index in [-0.39, 0.29) is 11.4 Å². The number of fused-ring (bicyclic) bond motifs is 2. The average molecular weight is 561 g/mol. The van der Waals surface area contributed by atoms with Crippen molar-refractivity contribution in [2.75, 3.05) is 6.61 Å². The summed E-state index contributed by atoms with van der Waals surface area (Å²) in [5.74, 6) is -0.236. The van der Waals surface area contributed by atoms with Crippen LogP contribution in [0, 0.1) is 24.0 Å². The van der Waals surface area contributed by atoms with Crippen LogP contribution in [0.2, 0.25) is 0 Å². The van der Waals surface area contributed by atoms with Crippen molar-refractivity contribution in [1.82, 2.24) is 14.8 Å². The Morgan fingerprint density at radius 2 is 1.69 bits per heavy atom. The zero-order valence-electron chi connectivity index (χ0n) is 23.1. The standard InChI is InChI=1S/C33H28N4O5/c1-20-30(21(2)36(35-20)27-16-5-6-17-28(27)37(40)41)26-14-8-13-24-25(32(33(38)39)34-31(24)26)15-9-19-42-29-18-7-11-22-10-3-4-12-23(22)29/h3-8,10-14,16-18,34H,9,15,19H2,1-2H3,(H,38,39). The molecule has 0 bridgehead atoms. The number of nitro benzene ring substituents is 1. The van der Waals surface area contributed by atoms with Crippen LogP contribution in [0.3, 0.4) is 0 Å². The molecule has 2 heterocycles. The lowest BCUT2D eigenvalue weighted by Crippen LogP contribution is -2.04. The highest BCUT2D eigenvalue weighted by atomic mass is 16.6. The third-order valence-electron chi connectivity index (χ3n) is 7.60. The number of benzene rings is 4. The monoisotopic (exact) mass is 560 g/mol. The zero-order chi connectivity index (χ0) is 29.4. The van der Waals surface area contributed by atoms with E-state index in [0.29, 0.717) is 47.6 Å². The van der Waals surface area contributed by atoms with E-state index in [9.17, 15) is 20.0 Å². The Bertz CT molecular complexity index is 1980. The summed E-state index contributed by atoms with van der Waals surface area (Å²) >= 11 is 0. The second-order valence-corrected chi connectivity index (χ2v) is 10.1. The quantitative estimate of drug-likeness (QED) is 0.108. The van der Waals surface area contributed by atoms with E-state index in [4.69, 9.17) is 4.74 Å². The number of carboxylic acid groups (broad SMARTS) is 1. The van der Waals surface area contributed by atoms with Gasteiger partial charge in [0.05, 0.1) is 22.7 Å². The molecule has 0 spiro atoms. The number of nitro groups is 1. The summed E-state index contributed by atoms with van der Waals surface area (Å²) in [7, 11) is 0. The highest BCUT2D eigenvalue weighted by Gasteiger charge is 2.24. The van der Waals surface area contributed by atoms with Crippen LogP contribution >= 0.6 is 0 Å². The second kappa shape index (κ2) is 10.9. The number of aromatic nitrogens is 3. The third kappa shape index (κ3) is 4.64. The number of nitrogens with one attached hydrogen (secondary N) is 1. The number of nitrogens with zero attached hydrogens (tertiary/aromatic N) is 3. The lowest BCUT2D eigenvalue weighted by atomic mass is 9.98. The van der Waals surface area contributed by atoms with Gasteiger partial charge in [-0.1, -0.05) is 66.7 Å².